The molecule has 0 spiro atoms. The van der Waals surface area contributed by atoms with E-state index in [2.05, 4.69) is 19.2 Å². The van der Waals surface area contributed by atoms with Gasteiger partial charge in [0.05, 0.1) is 4.90 Å². The molecule has 0 heterocycles. The highest BCUT2D eigenvalue weighted by Crippen LogP contribution is 2.19. The fourth-order valence-electron chi connectivity index (χ4n) is 2.94. The van der Waals surface area contributed by atoms with Gasteiger partial charge in [-0.3, -0.25) is 4.79 Å². The zero-order valence-corrected chi connectivity index (χ0v) is 16.7. The van der Waals surface area contributed by atoms with Gasteiger partial charge >= 0.3 is 0 Å². The largest absolute Gasteiger partial charge is 0.346 e. The van der Waals surface area contributed by atoms with Crippen molar-refractivity contribution in [2.24, 2.45) is 11.7 Å². The summed E-state index contributed by atoms with van der Waals surface area (Å²) in [6, 6.07) is 6.15. The molecule has 0 bridgehead atoms. The van der Waals surface area contributed by atoms with Gasteiger partial charge in [0, 0.05) is 30.7 Å². The minimum atomic E-state index is -3.60. The maximum absolute atomic E-state index is 12.6. The van der Waals surface area contributed by atoms with Gasteiger partial charge in [-0.25, -0.2) is 8.42 Å². The lowest BCUT2D eigenvalue weighted by Crippen LogP contribution is -2.52. The number of hydrogen-bond donors (Lipinski definition) is 2. The standard InChI is InChI=1S/C18H31N3O3S/c1-6-21(7-2)25(23,24)16-10-8-9-15(11-16)17(22)20-18(5,13-19)12-14(3)4/h8-11,14H,6-7,12-13,19H2,1-5H3,(H,20,22). The van der Waals surface area contributed by atoms with E-state index < -0.39 is 15.6 Å². The summed E-state index contributed by atoms with van der Waals surface area (Å²) >= 11 is 0. The van der Waals surface area contributed by atoms with Gasteiger partial charge in [-0.15, -0.1) is 0 Å². The smallest absolute Gasteiger partial charge is 0.251 e. The van der Waals surface area contributed by atoms with E-state index in [4.69, 9.17) is 5.73 Å². The summed E-state index contributed by atoms with van der Waals surface area (Å²) in [7, 11) is -3.60. The molecular weight excluding hydrogens is 338 g/mol. The number of amides is 1. The van der Waals surface area contributed by atoms with Crippen LogP contribution in [0.25, 0.3) is 0 Å². The predicted molar refractivity (Wildman–Crippen MR) is 101 cm³/mol. The number of carbonyl (C=O) groups excluding carboxylic acids is 1. The molecule has 1 amide bonds. The zero-order valence-electron chi connectivity index (χ0n) is 15.9. The van der Waals surface area contributed by atoms with Crippen LogP contribution >= 0.6 is 0 Å². The summed E-state index contributed by atoms with van der Waals surface area (Å²) in [5.41, 5.74) is 5.63. The second-order valence-corrected chi connectivity index (χ2v) is 8.87. The number of benzene rings is 1. The van der Waals surface area contributed by atoms with E-state index in [-0.39, 0.29) is 10.8 Å². The maximum Gasteiger partial charge on any atom is 0.251 e. The first-order valence-electron chi connectivity index (χ1n) is 8.72. The number of sulfonamides is 1. The van der Waals surface area contributed by atoms with E-state index in [1.165, 1.54) is 16.4 Å². The number of nitrogens with one attached hydrogen (secondary N) is 1. The maximum atomic E-state index is 12.6. The molecule has 1 atom stereocenters. The lowest BCUT2D eigenvalue weighted by Gasteiger charge is -2.31. The summed E-state index contributed by atoms with van der Waals surface area (Å²) < 4.78 is 26.6. The average Bonchev–Trinajstić information content (AvgIpc) is 2.55. The van der Waals surface area contributed by atoms with Crippen LogP contribution in [-0.4, -0.2) is 43.8 Å². The van der Waals surface area contributed by atoms with Crippen LogP contribution in [0.5, 0.6) is 0 Å². The van der Waals surface area contributed by atoms with E-state index in [1.54, 1.807) is 26.0 Å². The van der Waals surface area contributed by atoms with Crippen LogP contribution in [0.4, 0.5) is 0 Å². The highest BCUT2D eigenvalue weighted by Gasteiger charge is 2.27. The Bertz CT molecular complexity index is 685. The number of nitrogens with zero attached hydrogens (tertiary/aromatic N) is 1. The van der Waals surface area contributed by atoms with Crippen molar-refractivity contribution in [3.63, 3.8) is 0 Å². The van der Waals surface area contributed by atoms with Gasteiger partial charge in [0.15, 0.2) is 0 Å². The Hall–Kier alpha value is -1.44. The lowest BCUT2D eigenvalue weighted by molar-refractivity contribution is 0.0898. The first kappa shape index (κ1) is 21.6. The number of nitrogens with two attached hydrogens (primary N) is 1. The molecule has 7 heteroatoms. The molecule has 142 valence electrons. The Kier molecular flexibility index (Phi) is 7.59. The van der Waals surface area contributed by atoms with Crippen LogP contribution < -0.4 is 11.1 Å². The van der Waals surface area contributed by atoms with Crippen LogP contribution in [-0.2, 0) is 10.0 Å². The van der Waals surface area contributed by atoms with Crippen LogP contribution in [0.2, 0.25) is 0 Å². The SMILES string of the molecule is CCN(CC)S(=O)(=O)c1cccc(C(=O)NC(C)(CN)CC(C)C)c1. The van der Waals surface area contributed by atoms with Crippen LogP contribution in [0.1, 0.15) is 51.4 Å². The molecule has 1 aromatic carbocycles. The van der Waals surface area contributed by atoms with Crippen molar-refractivity contribution in [3.8, 4) is 0 Å². The van der Waals surface area contributed by atoms with E-state index in [0.29, 0.717) is 31.1 Å². The fourth-order valence-corrected chi connectivity index (χ4v) is 4.45. The topological polar surface area (TPSA) is 92.5 Å². The van der Waals surface area contributed by atoms with Crippen molar-refractivity contribution in [2.75, 3.05) is 19.6 Å². The molecule has 6 nitrogen and oxygen atoms in total. The number of carbonyl (C=O) groups is 1. The minimum Gasteiger partial charge on any atom is -0.346 e. The van der Waals surface area contributed by atoms with Crippen LogP contribution in [0.3, 0.4) is 0 Å². The molecule has 1 rings (SSSR count). The van der Waals surface area contributed by atoms with Crippen molar-refractivity contribution in [1.82, 2.24) is 9.62 Å². The van der Waals surface area contributed by atoms with Gasteiger partial charge in [0.2, 0.25) is 10.0 Å². The fraction of sp³-hybridized carbons (Fsp3) is 0.611. The third-order valence-corrected chi connectivity index (χ3v) is 6.21. The van der Waals surface area contributed by atoms with Crippen LogP contribution in [0, 0.1) is 5.92 Å². The molecule has 0 fully saturated rings. The van der Waals surface area contributed by atoms with Crippen molar-refractivity contribution < 1.29 is 13.2 Å². The molecule has 25 heavy (non-hydrogen) atoms. The first-order valence-corrected chi connectivity index (χ1v) is 10.2. The van der Waals surface area contributed by atoms with Crippen molar-refractivity contribution in [3.05, 3.63) is 29.8 Å². The van der Waals surface area contributed by atoms with Gasteiger partial charge in [0.25, 0.3) is 5.91 Å². The molecule has 0 aliphatic heterocycles. The molecule has 1 unspecified atom stereocenters. The normalized spacial score (nSPS) is 14.6. The zero-order chi connectivity index (χ0) is 19.3. The molecule has 0 aliphatic carbocycles. The molecule has 1 aromatic rings. The van der Waals surface area contributed by atoms with Gasteiger partial charge in [-0.1, -0.05) is 33.8 Å². The number of hydrogen-bond acceptors (Lipinski definition) is 4. The molecule has 3 N–H and O–H groups in total. The second kappa shape index (κ2) is 8.78. The van der Waals surface area contributed by atoms with Gasteiger partial charge < -0.3 is 11.1 Å². The highest BCUT2D eigenvalue weighted by molar-refractivity contribution is 7.89. The van der Waals surface area contributed by atoms with Crippen molar-refractivity contribution in [1.29, 1.82) is 0 Å². The van der Waals surface area contributed by atoms with Gasteiger partial charge in [-0.2, -0.15) is 4.31 Å². The van der Waals surface area contributed by atoms with E-state index >= 15 is 0 Å². The second-order valence-electron chi connectivity index (χ2n) is 6.93. The Morgan fingerprint density at radius 1 is 1.28 bits per heavy atom. The molecule has 0 saturated carbocycles. The summed E-state index contributed by atoms with van der Waals surface area (Å²) in [6.45, 7) is 10.7. The predicted octanol–water partition coefficient (Wildman–Crippen LogP) is 2.21. The van der Waals surface area contributed by atoms with Crippen molar-refractivity contribution >= 4 is 15.9 Å². The highest BCUT2D eigenvalue weighted by atomic mass is 32.2. The Morgan fingerprint density at radius 3 is 2.36 bits per heavy atom. The van der Waals surface area contributed by atoms with E-state index in [1.807, 2.05) is 6.92 Å². The van der Waals surface area contributed by atoms with Crippen molar-refractivity contribution in [2.45, 2.75) is 51.5 Å². The lowest BCUT2D eigenvalue weighted by atomic mass is 9.90. The number of rotatable bonds is 9. The molecule has 0 radical (unpaired) electrons. The monoisotopic (exact) mass is 369 g/mol. The van der Waals surface area contributed by atoms with E-state index in [9.17, 15) is 13.2 Å². The first-order chi connectivity index (χ1) is 11.6. The minimum absolute atomic E-state index is 0.127. The quantitative estimate of drug-likeness (QED) is 0.698. The third kappa shape index (κ3) is 5.52. The van der Waals surface area contributed by atoms with Gasteiger partial charge in [0.1, 0.15) is 0 Å². The average molecular weight is 370 g/mol. The Balaban J connectivity index is 3.10. The van der Waals surface area contributed by atoms with Gasteiger partial charge in [-0.05, 0) is 37.5 Å². The Morgan fingerprint density at radius 2 is 1.88 bits per heavy atom. The molecule has 0 aliphatic rings. The molecular formula is C18H31N3O3S. The van der Waals surface area contributed by atoms with Crippen LogP contribution in [0.15, 0.2) is 29.2 Å². The summed E-state index contributed by atoms with van der Waals surface area (Å²) in [6.07, 6.45) is 0.743. The molecule has 0 aromatic heterocycles. The summed E-state index contributed by atoms with van der Waals surface area (Å²) in [5.74, 6) is 0.0634. The third-order valence-electron chi connectivity index (χ3n) is 4.16. The van der Waals surface area contributed by atoms with E-state index in [0.717, 1.165) is 6.42 Å². The summed E-state index contributed by atoms with van der Waals surface area (Å²) in [4.78, 5) is 12.7. The molecule has 0 saturated heterocycles. The summed E-state index contributed by atoms with van der Waals surface area (Å²) in [5, 5.41) is 2.95. The Labute approximate surface area is 151 Å².